The average molecular weight is 341 g/mol. The van der Waals surface area contributed by atoms with Crippen LogP contribution in [0.5, 0.6) is 0 Å². The second kappa shape index (κ2) is 7.83. The fraction of sp³-hybridized carbons (Fsp3) is 0.500. The molecule has 1 saturated heterocycles. The molecule has 5 heteroatoms. The third kappa shape index (κ3) is 4.28. The number of aromatic nitrogens is 1. The molecular weight excluding hydrogens is 314 g/mol. The monoisotopic (exact) mass is 341 g/mol. The summed E-state index contributed by atoms with van der Waals surface area (Å²) in [5.41, 5.74) is 3.19. The second-order valence-corrected chi connectivity index (χ2v) is 7.06. The molecule has 0 spiro atoms. The van der Waals surface area contributed by atoms with Crippen LogP contribution in [-0.4, -0.2) is 41.0 Å². The lowest BCUT2D eigenvalue weighted by Crippen LogP contribution is -2.43. The number of carbonyl (C=O) groups is 1. The van der Waals surface area contributed by atoms with Gasteiger partial charge in [-0.15, -0.1) is 0 Å². The molecule has 5 nitrogen and oxygen atoms in total. The van der Waals surface area contributed by atoms with E-state index in [1.807, 2.05) is 31.9 Å². The number of benzene rings is 1. The molecule has 1 amide bonds. The first kappa shape index (κ1) is 17.7. The van der Waals surface area contributed by atoms with Gasteiger partial charge in [-0.3, -0.25) is 9.69 Å². The highest BCUT2D eigenvalue weighted by Crippen LogP contribution is 2.22. The van der Waals surface area contributed by atoms with Gasteiger partial charge in [-0.05, 0) is 38.8 Å². The molecule has 0 radical (unpaired) electrons. The smallest absolute Gasteiger partial charge is 0.227 e. The first-order valence-corrected chi connectivity index (χ1v) is 8.97. The normalized spacial score (nSPS) is 18.3. The van der Waals surface area contributed by atoms with Gasteiger partial charge in [0.25, 0.3) is 0 Å². The molecule has 0 aliphatic carbocycles. The number of likely N-dealkylation sites (tertiary alicyclic amines) is 1. The molecule has 0 N–H and O–H groups in total. The van der Waals surface area contributed by atoms with Gasteiger partial charge in [-0.25, -0.2) is 0 Å². The van der Waals surface area contributed by atoms with Crippen molar-refractivity contribution in [1.29, 1.82) is 0 Å². The number of aryl methyl sites for hydroxylation is 2. The molecular formula is C20H27N3O2. The highest BCUT2D eigenvalue weighted by Gasteiger charge is 2.28. The summed E-state index contributed by atoms with van der Waals surface area (Å²) in [6.07, 6.45) is 2.04. The Morgan fingerprint density at radius 2 is 2.08 bits per heavy atom. The highest BCUT2D eigenvalue weighted by atomic mass is 16.5. The minimum atomic E-state index is 0.0722. The van der Waals surface area contributed by atoms with Gasteiger partial charge < -0.3 is 9.42 Å². The molecule has 1 aromatic heterocycles. The maximum absolute atomic E-state index is 12.9. The van der Waals surface area contributed by atoms with E-state index in [-0.39, 0.29) is 11.8 Å². The van der Waals surface area contributed by atoms with E-state index in [0.717, 1.165) is 49.5 Å². The number of hydrogen-bond acceptors (Lipinski definition) is 4. The summed E-state index contributed by atoms with van der Waals surface area (Å²) >= 11 is 0. The lowest BCUT2D eigenvalue weighted by molar-refractivity contribution is -0.136. The Labute approximate surface area is 149 Å². The summed E-state index contributed by atoms with van der Waals surface area (Å²) in [6.45, 7) is 7.20. The van der Waals surface area contributed by atoms with Crippen LogP contribution in [0.2, 0.25) is 0 Å². The topological polar surface area (TPSA) is 49.6 Å². The summed E-state index contributed by atoms with van der Waals surface area (Å²) in [7, 11) is 1.88. The van der Waals surface area contributed by atoms with E-state index >= 15 is 0 Å². The second-order valence-electron chi connectivity index (χ2n) is 7.06. The molecule has 1 unspecified atom stereocenters. The van der Waals surface area contributed by atoms with E-state index in [1.54, 1.807) is 0 Å². The lowest BCUT2D eigenvalue weighted by Gasteiger charge is -2.34. The number of nitrogens with zero attached hydrogens (tertiary/aromatic N) is 3. The maximum Gasteiger partial charge on any atom is 0.227 e. The van der Waals surface area contributed by atoms with E-state index < -0.39 is 0 Å². The summed E-state index contributed by atoms with van der Waals surface area (Å²) in [4.78, 5) is 17.1. The highest BCUT2D eigenvalue weighted by molar-refractivity contribution is 5.79. The van der Waals surface area contributed by atoms with Gasteiger partial charge in [0, 0.05) is 25.7 Å². The zero-order chi connectivity index (χ0) is 17.8. The number of piperidine rings is 1. The van der Waals surface area contributed by atoms with Crippen LogP contribution in [0.4, 0.5) is 0 Å². The van der Waals surface area contributed by atoms with Crippen molar-refractivity contribution in [3.05, 3.63) is 52.9 Å². The molecule has 2 heterocycles. The minimum absolute atomic E-state index is 0.0722. The van der Waals surface area contributed by atoms with Crippen LogP contribution in [0, 0.1) is 19.8 Å². The van der Waals surface area contributed by atoms with Crippen molar-refractivity contribution in [3.8, 4) is 0 Å². The molecule has 25 heavy (non-hydrogen) atoms. The molecule has 2 aromatic rings. The Morgan fingerprint density at radius 1 is 1.32 bits per heavy atom. The fourth-order valence-corrected chi connectivity index (χ4v) is 3.60. The Kier molecular flexibility index (Phi) is 5.53. The third-order valence-corrected chi connectivity index (χ3v) is 5.06. The predicted octanol–water partition coefficient (Wildman–Crippen LogP) is 3.16. The summed E-state index contributed by atoms with van der Waals surface area (Å²) in [6, 6.07) is 10.5. The number of rotatable bonds is 5. The molecule has 1 atom stereocenters. The van der Waals surface area contributed by atoms with Gasteiger partial charge in [-0.2, -0.15) is 0 Å². The van der Waals surface area contributed by atoms with Gasteiger partial charge in [0.1, 0.15) is 5.76 Å². The molecule has 1 aromatic carbocycles. The van der Waals surface area contributed by atoms with Crippen molar-refractivity contribution in [2.45, 2.75) is 39.8 Å². The summed E-state index contributed by atoms with van der Waals surface area (Å²) < 4.78 is 5.21. The minimum Gasteiger partial charge on any atom is -0.361 e. The van der Waals surface area contributed by atoms with Crippen LogP contribution in [0.1, 0.15) is 35.4 Å². The van der Waals surface area contributed by atoms with Crippen molar-refractivity contribution >= 4 is 5.91 Å². The van der Waals surface area contributed by atoms with Gasteiger partial charge >= 0.3 is 0 Å². The largest absolute Gasteiger partial charge is 0.361 e. The Bertz CT molecular complexity index is 691. The van der Waals surface area contributed by atoms with E-state index in [9.17, 15) is 4.79 Å². The van der Waals surface area contributed by atoms with Crippen molar-refractivity contribution in [3.63, 3.8) is 0 Å². The van der Waals surface area contributed by atoms with Crippen molar-refractivity contribution in [2.24, 2.45) is 5.92 Å². The lowest BCUT2D eigenvalue weighted by atomic mass is 9.96. The van der Waals surface area contributed by atoms with E-state index in [0.29, 0.717) is 6.54 Å². The van der Waals surface area contributed by atoms with Crippen LogP contribution < -0.4 is 0 Å². The number of hydrogen-bond donors (Lipinski definition) is 0. The summed E-state index contributed by atoms with van der Waals surface area (Å²) in [5.74, 6) is 1.09. The van der Waals surface area contributed by atoms with E-state index in [2.05, 4.69) is 34.3 Å². The number of carbonyl (C=O) groups excluding carboxylic acids is 1. The zero-order valence-corrected chi connectivity index (χ0v) is 15.4. The van der Waals surface area contributed by atoms with Crippen molar-refractivity contribution in [2.75, 3.05) is 20.1 Å². The summed E-state index contributed by atoms with van der Waals surface area (Å²) in [5, 5.41) is 3.98. The Balaban J connectivity index is 1.59. The Hall–Kier alpha value is -2.14. The first-order chi connectivity index (χ1) is 12.0. The van der Waals surface area contributed by atoms with E-state index in [1.165, 1.54) is 5.56 Å². The average Bonchev–Trinajstić information content (AvgIpc) is 2.94. The SMILES string of the molecule is Cc1noc(C)c1CN(C)C(=O)C1CCCN(Cc2ccccc2)C1. The van der Waals surface area contributed by atoms with Crippen LogP contribution in [0.15, 0.2) is 34.9 Å². The molecule has 0 saturated carbocycles. The Morgan fingerprint density at radius 3 is 2.76 bits per heavy atom. The molecule has 134 valence electrons. The molecule has 3 rings (SSSR count). The molecule has 1 aliphatic heterocycles. The van der Waals surface area contributed by atoms with Gasteiger partial charge in [-0.1, -0.05) is 35.5 Å². The third-order valence-electron chi connectivity index (χ3n) is 5.06. The maximum atomic E-state index is 12.9. The van der Waals surface area contributed by atoms with E-state index in [4.69, 9.17) is 4.52 Å². The zero-order valence-electron chi connectivity index (χ0n) is 15.4. The first-order valence-electron chi connectivity index (χ1n) is 8.97. The van der Waals surface area contributed by atoms with Gasteiger partial charge in [0.05, 0.1) is 18.2 Å². The predicted molar refractivity (Wildman–Crippen MR) is 96.9 cm³/mol. The number of amides is 1. The fourth-order valence-electron chi connectivity index (χ4n) is 3.60. The molecule has 0 bridgehead atoms. The van der Waals surface area contributed by atoms with Crippen LogP contribution >= 0.6 is 0 Å². The van der Waals surface area contributed by atoms with Crippen LogP contribution in [-0.2, 0) is 17.9 Å². The molecule has 1 aliphatic rings. The van der Waals surface area contributed by atoms with Crippen molar-refractivity contribution < 1.29 is 9.32 Å². The van der Waals surface area contributed by atoms with Gasteiger partial charge in [0.2, 0.25) is 5.91 Å². The van der Waals surface area contributed by atoms with Crippen LogP contribution in [0.25, 0.3) is 0 Å². The quantitative estimate of drug-likeness (QED) is 0.838. The van der Waals surface area contributed by atoms with Crippen LogP contribution in [0.3, 0.4) is 0 Å². The molecule has 1 fully saturated rings. The standard InChI is InChI=1S/C20H27N3O2/c1-15-19(16(2)25-21-15)14-22(3)20(24)18-10-7-11-23(13-18)12-17-8-5-4-6-9-17/h4-6,8-9,18H,7,10-14H2,1-3H3. The van der Waals surface area contributed by atoms with Crippen molar-refractivity contribution in [1.82, 2.24) is 15.0 Å². The van der Waals surface area contributed by atoms with Gasteiger partial charge in [0.15, 0.2) is 0 Å².